The Labute approximate surface area is 170 Å². The molecule has 156 valence electrons. The second kappa shape index (κ2) is 9.22. The number of esters is 3. The lowest BCUT2D eigenvalue weighted by molar-refractivity contribution is -0.156. The highest BCUT2D eigenvalue weighted by molar-refractivity contribution is 5.87. The molecule has 2 heterocycles. The second-order valence-electron chi connectivity index (χ2n) is 7.28. The topological polar surface area (TPSA) is 82.1 Å². The number of piperidine rings is 1. The number of carbonyl (C=O) groups excluding carboxylic acids is 3. The Hall–Kier alpha value is -2.67. The van der Waals surface area contributed by atoms with Crippen LogP contribution in [0, 0.1) is 11.8 Å². The molecular weight excluding hydrogens is 374 g/mol. The molecule has 2 aliphatic rings. The highest BCUT2D eigenvalue weighted by Gasteiger charge is 2.59. The minimum atomic E-state index is -0.732. The van der Waals surface area contributed by atoms with Gasteiger partial charge in [-0.15, -0.1) is 0 Å². The minimum Gasteiger partial charge on any atom is -0.469 e. The Kier molecular flexibility index (Phi) is 6.69. The molecule has 1 aromatic rings. The maximum atomic E-state index is 12.7. The molecule has 3 rings (SSSR count). The van der Waals surface area contributed by atoms with Crippen LogP contribution in [0.1, 0.15) is 25.3 Å². The first-order chi connectivity index (χ1) is 14.0. The van der Waals surface area contributed by atoms with Gasteiger partial charge in [-0.3, -0.25) is 14.5 Å². The van der Waals surface area contributed by atoms with E-state index in [1.165, 1.54) is 20.3 Å². The van der Waals surface area contributed by atoms with Crippen LogP contribution in [0.5, 0.6) is 0 Å². The van der Waals surface area contributed by atoms with Gasteiger partial charge in [0, 0.05) is 24.7 Å². The van der Waals surface area contributed by atoms with Gasteiger partial charge in [-0.05, 0) is 30.9 Å². The molecule has 0 aliphatic carbocycles. The van der Waals surface area contributed by atoms with Crippen molar-refractivity contribution in [2.45, 2.75) is 38.4 Å². The van der Waals surface area contributed by atoms with Crippen molar-refractivity contribution in [3.8, 4) is 0 Å². The number of methoxy groups -OCH3 is 2. The zero-order valence-corrected chi connectivity index (χ0v) is 17.0. The Morgan fingerprint density at radius 3 is 2.34 bits per heavy atom. The molecule has 0 radical (unpaired) electrons. The van der Waals surface area contributed by atoms with Crippen LogP contribution in [-0.4, -0.2) is 55.7 Å². The van der Waals surface area contributed by atoms with Crippen molar-refractivity contribution in [1.82, 2.24) is 4.90 Å². The van der Waals surface area contributed by atoms with Crippen molar-refractivity contribution in [2.24, 2.45) is 11.8 Å². The van der Waals surface area contributed by atoms with E-state index in [2.05, 4.69) is 4.90 Å². The summed E-state index contributed by atoms with van der Waals surface area (Å²) >= 11 is 0. The lowest BCUT2D eigenvalue weighted by Crippen LogP contribution is -2.43. The van der Waals surface area contributed by atoms with E-state index >= 15 is 0 Å². The molecule has 7 nitrogen and oxygen atoms in total. The van der Waals surface area contributed by atoms with Crippen molar-refractivity contribution in [3.63, 3.8) is 0 Å². The first-order valence-electron chi connectivity index (χ1n) is 9.84. The van der Waals surface area contributed by atoms with Gasteiger partial charge < -0.3 is 14.2 Å². The van der Waals surface area contributed by atoms with Gasteiger partial charge in [0.1, 0.15) is 0 Å². The molecule has 0 saturated carbocycles. The van der Waals surface area contributed by atoms with E-state index in [1.807, 2.05) is 30.3 Å². The number of rotatable bonds is 6. The number of fused-ring (bicyclic) bond motifs is 2. The number of nitrogens with zero attached hydrogens (tertiary/aromatic N) is 1. The van der Waals surface area contributed by atoms with Crippen LogP contribution in [-0.2, 0) is 35.1 Å². The van der Waals surface area contributed by atoms with Crippen molar-refractivity contribution >= 4 is 17.9 Å². The van der Waals surface area contributed by atoms with Gasteiger partial charge >= 0.3 is 17.9 Å². The van der Waals surface area contributed by atoms with Gasteiger partial charge in [0.15, 0.2) is 0 Å². The molecular formula is C22H27NO6. The minimum absolute atomic E-state index is 0.170. The van der Waals surface area contributed by atoms with Crippen molar-refractivity contribution in [2.75, 3.05) is 20.8 Å². The Bertz CT molecular complexity index is 790. The van der Waals surface area contributed by atoms with Crippen LogP contribution in [0.2, 0.25) is 0 Å². The molecule has 2 fully saturated rings. The Balaban J connectivity index is 2.04. The highest BCUT2D eigenvalue weighted by atomic mass is 16.5. The van der Waals surface area contributed by atoms with Crippen LogP contribution >= 0.6 is 0 Å². The van der Waals surface area contributed by atoms with E-state index in [4.69, 9.17) is 14.2 Å². The summed E-state index contributed by atoms with van der Waals surface area (Å²) in [5.41, 5.74) is 1.85. The van der Waals surface area contributed by atoms with E-state index in [1.54, 1.807) is 6.92 Å². The summed E-state index contributed by atoms with van der Waals surface area (Å²) in [6.07, 6.45) is 2.72. The van der Waals surface area contributed by atoms with Crippen molar-refractivity contribution < 1.29 is 28.6 Å². The predicted molar refractivity (Wildman–Crippen MR) is 105 cm³/mol. The number of hydrogen-bond acceptors (Lipinski definition) is 7. The van der Waals surface area contributed by atoms with Gasteiger partial charge in [0.2, 0.25) is 0 Å². The molecule has 2 aliphatic heterocycles. The van der Waals surface area contributed by atoms with E-state index in [9.17, 15) is 14.4 Å². The SMILES string of the molecule is CCOC(=O)/C=C1/CC[C@H]2[C@@H](C(=O)OC)[C@H](C(=O)OC)[C@@H]1N2Cc1ccccc1. The zero-order chi connectivity index (χ0) is 21.0. The number of benzene rings is 1. The van der Waals surface area contributed by atoms with Gasteiger partial charge in [-0.2, -0.15) is 0 Å². The summed E-state index contributed by atoms with van der Waals surface area (Å²) < 4.78 is 15.2. The molecule has 29 heavy (non-hydrogen) atoms. The fraction of sp³-hybridized carbons (Fsp3) is 0.500. The summed E-state index contributed by atoms with van der Waals surface area (Å²) in [5.74, 6) is -2.71. The third-order valence-electron chi connectivity index (χ3n) is 5.78. The van der Waals surface area contributed by atoms with Crippen LogP contribution in [0.3, 0.4) is 0 Å². The molecule has 4 atom stereocenters. The van der Waals surface area contributed by atoms with Crippen molar-refractivity contribution in [1.29, 1.82) is 0 Å². The maximum Gasteiger partial charge on any atom is 0.330 e. The van der Waals surface area contributed by atoms with E-state index < -0.39 is 35.8 Å². The fourth-order valence-corrected chi connectivity index (χ4v) is 4.66. The monoisotopic (exact) mass is 401 g/mol. The highest BCUT2D eigenvalue weighted by Crippen LogP contribution is 2.48. The van der Waals surface area contributed by atoms with Gasteiger partial charge in [-0.1, -0.05) is 30.3 Å². The fourth-order valence-electron chi connectivity index (χ4n) is 4.66. The summed E-state index contributed by atoms with van der Waals surface area (Å²) in [5, 5.41) is 0. The zero-order valence-electron chi connectivity index (χ0n) is 17.0. The Morgan fingerprint density at radius 2 is 1.72 bits per heavy atom. The number of carbonyl (C=O) groups is 3. The predicted octanol–water partition coefficient (Wildman–Crippen LogP) is 2.10. The first kappa shape index (κ1) is 21.0. The molecule has 0 amide bonds. The summed E-state index contributed by atoms with van der Waals surface area (Å²) in [6, 6.07) is 9.25. The molecule has 2 saturated heterocycles. The van der Waals surface area contributed by atoms with Crippen LogP contribution in [0.4, 0.5) is 0 Å². The van der Waals surface area contributed by atoms with Crippen LogP contribution in [0.15, 0.2) is 42.0 Å². The summed E-state index contributed by atoms with van der Waals surface area (Å²) in [7, 11) is 2.64. The molecule has 0 spiro atoms. The van der Waals surface area contributed by atoms with Gasteiger partial charge in [0.25, 0.3) is 0 Å². The molecule has 1 aromatic carbocycles. The standard InChI is InChI=1S/C22H27NO6/c1-4-29-17(24)12-15-10-11-16-18(21(25)27-2)19(22(26)28-3)20(15)23(16)13-14-8-6-5-7-9-14/h5-9,12,16,18-20H,4,10-11,13H2,1-3H3/b15-12-/t16-,18+,19-,20+/m0/s1. The second-order valence-corrected chi connectivity index (χ2v) is 7.28. The summed E-state index contributed by atoms with van der Waals surface area (Å²) in [6.45, 7) is 2.57. The van der Waals surface area contributed by atoms with E-state index in [0.717, 1.165) is 11.1 Å². The van der Waals surface area contributed by atoms with Gasteiger partial charge in [0.05, 0.1) is 32.7 Å². The van der Waals surface area contributed by atoms with Crippen molar-refractivity contribution in [3.05, 3.63) is 47.5 Å². The quantitative estimate of drug-likeness (QED) is 0.410. The Morgan fingerprint density at radius 1 is 1.07 bits per heavy atom. The lowest BCUT2D eigenvalue weighted by atomic mass is 9.86. The molecule has 2 bridgehead atoms. The molecule has 0 aromatic heterocycles. The molecule has 7 heteroatoms. The number of hydrogen-bond donors (Lipinski definition) is 0. The average Bonchev–Trinajstić information content (AvgIpc) is 2.94. The third kappa shape index (κ3) is 4.19. The van der Waals surface area contributed by atoms with E-state index in [0.29, 0.717) is 19.4 Å². The number of ether oxygens (including phenoxy) is 3. The molecule has 0 N–H and O–H groups in total. The molecule has 0 unspecified atom stereocenters. The smallest absolute Gasteiger partial charge is 0.330 e. The first-order valence-corrected chi connectivity index (χ1v) is 9.84. The van der Waals surface area contributed by atoms with Gasteiger partial charge in [-0.25, -0.2) is 4.79 Å². The van der Waals surface area contributed by atoms with E-state index in [-0.39, 0.29) is 12.6 Å². The lowest BCUT2D eigenvalue weighted by Gasteiger charge is -2.37. The summed E-state index contributed by atoms with van der Waals surface area (Å²) in [4.78, 5) is 39.7. The maximum absolute atomic E-state index is 12.7. The average molecular weight is 401 g/mol. The van der Waals surface area contributed by atoms with Crippen LogP contribution < -0.4 is 0 Å². The largest absolute Gasteiger partial charge is 0.469 e. The third-order valence-corrected chi connectivity index (χ3v) is 5.78. The normalized spacial score (nSPS) is 27.5. The van der Waals surface area contributed by atoms with Crippen LogP contribution in [0.25, 0.3) is 0 Å².